The fourth-order valence-electron chi connectivity index (χ4n) is 4.92. The molecule has 0 spiro atoms. The molecule has 0 aliphatic heterocycles. The molecule has 0 saturated heterocycles. The quantitative estimate of drug-likeness (QED) is 0.0377. The minimum atomic E-state index is -4.85. The minimum Gasteiger partial charge on any atom is -0.744 e. The topological polar surface area (TPSA) is 220 Å². The summed E-state index contributed by atoms with van der Waals surface area (Å²) in [6.07, 6.45) is 6.13. The molecule has 0 radical (unpaired) electrons. The van der Waals surface area contributed by atoms with Gasteiger partial charge in [0.2, 0.25) is 0 Å². The summed E-state index contributed by atoms with van der Waals surface area (Å²) >= 11 is 0. The van der Waals surface area contributed by atoms with E-state index in [9.17, 15) is 45.1 Å². The predicted molar refractivity (Wildman–Crippen MR) is 212 cm³/mol. The normalized spacial score (nSPS) is 11.5. The maximum Gasteiger partial charge on any atom is 2.00 e. The molecule has 14 nitrogen and oxygen atoms in total. The summed E-state index contributed by atoms with van der Waals surface area (Å²) in [4.78, 5) is 47.5. The van der Waals surface area contributed by atoms with Gasteiger partial charge in [0.05, 0.1) is 58.5 Å². The molecule has 0 fully saturated rings. The van der Waals surface area contributed by atoms with Crippen LogP contribution in [0.2, 0.25) is 0 Å². The van der Waals surface area contributed by atoms with Crippen LogP contribution in [-0.2, 0) is 39.2 Å². The van der Waals surface area contributed by atoms with E-state index in [4.69, 9.17) is 18.9 Å². The number of ether oxygens (including phenoxy) is 4. The Morgan fingerprint density at radius 3 is 0.789 bits per heavy atom. The molecule has 17 heteroatoms. The monoisotopic (exact) mass is 866 g/mol. The molecule has 0 aliphatic carbocycles. The standard InChI is InChI=1S/2C20H30O7S.Ca/c2*1-14(2)7-5-9-26-19(21)16-11-17(13-18(12-16)28(23,24)25)20(22)27-10-6-8-15(3)4;/h2*11-15H,5-10H2,1-4H3,(H,23,24,25);/q;;+2/p-2. The first-order chi connectivity index (χ1) is 26.0. The van der Waals surface area contributed by atoms with Crippen LogP contribution in [0, 0.1) is 23.7 Å². The summed E-state index contributed by atoms with van der Waals surface area (Å²) in [5.74, 6) is -1.30. The van der Waals surface area contributed by atoms with Crippen molar-refractivity contribution >= 4 is 81.9 Å². The Bertz CT molecular complexity index is 1580. The van der Waals surface area contributed by atoms with Gasteiger partial charge in [-0.2, -0.15) is 0 Å². The fraction of sp³-hybridized carbons (Fsp3) is 0.600. The zero-order valence-electron chi connectivity index (χ0n) is 34.5. The molecular weight excluding hydrogens is 809 g/mol. The number of benzene rings is 2. The Kier molecular flexibility index (Phi) is 26.0. The first-order valence-corrected chi connectivity index (χ1v) is 21.7. The van der Waals surface area contributed by atoms with Crippen LogP contribution in [0.3, 0.4) is 0 Å². The number of carbonyl (C=O) groups excluding carboxylic acids is 4. The van der Waals surface area contributed by atoms with E-state index in [1.165, 1.54) is 12.1 Å². The second-order valence-corrected chi connectivity index (χ2v) is 17.8. The van der Waals surface area contributed by atoms with Gasteiger partial charge < -0.3 is 28.1 Å². The number of carbonyl (C=O) groups is 4. The van der Waals surface area contributed by atoms with Crippen LogP contribution >= 0.6 is 0 Å². The first-order valence-electron chi connectivity index (χ1n) is 18.9. The summed E-state index contributed by atoms with van der Waals surface area (Å²) in [7, 11) is -9.71. The van der Waals surface area contributed by atoms with Crippen molar-refractivity contribution in [2.24, 2.45) is 23.7 Å². The molecule has 57 heavy (non-hydrogen) atoms. The molecule has 2 rings (SSSR count). The van der Waals surface area contributed by atoms with Crippen LogP contribution in [-0.4, -0.2) is 114 Å². The van der Waals surface area contributed by atoms with Gasteiger partial charge in [0, 0.05) is 0 Å². The van der Waals surface area contributed by atoms with Crippen molar-refractivity contribution in [1.82, 2.24) is 0 Å². The van der Waals surface area contributed by atoms with E-state index < -0.39 is 53.9 Å². The van der Waals surface area contributed by atoms with Gasteiger partial charge >= 0.3 is 61.6 Å². The van der Waals surface area contributed by atoms with Crippen molar-refractivity contribution in [3.05, 3.63) is 58.7 Å². The molecule has 2 aromatic carbocycles. The van der Waals surface area contributed by atoms with E-state index in [-0.39, 0.29) is 86.4 Å². The van der Waals surface area contributed by atoms with Crippen molar-refractivity contribution < 1.29 is 64.1 Å². The maximum absolute atomic E-state index is 12.2. The van der Waals surface area contributed by atoms with Crippen LogP contribution < -0.4 is 0 Å². The van der Waals surface area contributed by atoms with Gasteiger partial charge in [-0.1, -0.05) is 55.4 Å². The molecule has 0 aromatic heterocycles. The minimum absolute atomic E-state index is 0. The van der Waals surface area contributed by atoms with E-state index in [1.807, 2.05) is 55.4 Å². The van der Waals surface area contributed by atoms with Crippen LogP contribution in [0.1, 0.15) is 148 Å². The smallest absolute Gasteiger partial charge is 0.744 e. The average molecular weight is 867 g/mol. The van der Waals surface area contributed by atoms with E-state index >= 15 is 0 Å². The van der Waals surface area contributed by atoms with E-state index in [0.29, 0.717) is 49.4 Å². The molecule has 316 valence electrons. The van der Waals surface area contributed by atoms with Crippen LogP contribution in [0.25, 0.3) is 0 Å². The fourth-order valence-corrected chi connectivity index (χ4v) is 6.00. The van der Waals surface area contributed by atoms with Gasteiger partial charge in [0.25, 0.3) is 0 Å². The summed E-state index contributed by atoms with van der Waals surface area (Å²) in [5, 5.41) is 0. The molecule has 0 amide bonds. The van der Waals surface area contributed by atoms with Crippen molar-refractivity contribution in [2.75, 3.05) is 26.4 Å². The Hall–Kier alpha value is -2.60. The van der Waals surface area contributed by atoms with Crippen molar-refractivity contribution in [3.8, 4) is 0 Å². The largest absolute Gasteiger partial charge is 2.00 e. The number of rotatable bonds is 22. The molecule has 0 aliphatic rings. The third-order valence-electron chi connectivity index (χ3n) is 7.97. The zero-order chi connectivity index (χ0) is 42.6. The van der Waals surface area contributed by atoms with Crippen LogP contribution in [0.15, 0.2) is 46.2 Å². The molecule has 0 bridgehead atoms. The maximum atomic E-state index is 12.2. The molecular formula is C40H58CaO14S2. The third-order valence-corrected chi connectivity index (χ3v) is 9.60. The third kappa shape index (κ3) is 23.5. The second-order valence-electron chi connectivity index (χ2n) is 15.1. The van der Waals surface area contributed by atoms with Crippen molar-refractivity contribution in [3.63, 3.8) is 0 Å². The Balaban J connectivity index is 0.00000108. The first kappa shape index (κ1) is 54.4. The molecule has 0 unspecified atom stereocenters. The van der Waals surface area contributed by atoms with Gasteiger partial charge in [-0.3, -0.25) is 0 Å². The van der Waals surface area contributed by atoms with Gasteiger partial charge in [0.15, 0.2) is 0 Å². The summed E-state index contributed by atoms with van der Waals surface area (Å²) in [5.41, 5.74) is -0.683. The van der Waals surface area contributed by atoms with Gasteiger partial charge in [0.1, 0.15) is 20.2 Å². The molecule has 2 aromatic rings. The molecule has 0 heterocycles. The summed E-state index contributed by atoms with van der Waals surface area (Å²) < 4.78 is 88.8. The van der Waals surface area contributed by atoms with E-state index in [1.54, 1.807) is 0 Å². The summed E-state index contributed by atoms with van der Waals surface area (Å²) in [6, 6.07) is 6.05. The molecule has 0 atom stereocenters. The SMILES string of the molecule is CC(C)CCCOC(=O)c1cc(C(=O)OCCCC(C)C)cc(S(=O)(=O)[O-])c1.CC(C)CCCOC(=O)c1cc(C(=O)OCCCC(C)C)cc(S(=O)(=O)[O-])c1.[Ca+2]. The molecule has 0 saturated carbocycles. The second kappa shape index (κ2) is 27.2. The van der Waals surface area contributed by atoms with Gasteiger partial charge in [-0.15, -0.1) is 0 Å². The number of hydrogen-bond donors (Lipinski definition) is 0. The zero-order valence-corrected chi connectivity index (χ0v) is 38.3. The predicted octanol–water partition coefficient (Wildman–Crippen LogP) is 7.17. The van der Waals surface area contributed by atoms with E-state index in [0.717, 1.165) is 49.9 Å². The average Bonchev–Trinajstić information content (AvgIpc) is 3.10. The van der Waals surface area contributed by atoms with Crippen molar-refractivity contribution in [2.45, 2.75) is 117 Å². The summed E-state index contributed by atoms with van der Waals surface area (Å²) in [6.45, 7) is 17.0. The Morgan fingerprint density at radius 2 is 0.632 bits per heavy atom. The number of esters is 4. The van der Waals surface area contributed by atoms with Gasteiger partial charge in [-0.05, 0) is 111 Å². The van der Waals surface area contributed by atoms with E-state index in [2.05, 4.69) is 0 Å². The van der Waals surface area contributed by atoms with Crippen molar-refractivity contribution in [1.29, 1.82) is 0 Å². The van der Waals surface area contributed by atoms with Gasteiger partial charge in [-0.25, -0.2) is 36.0 Å². The number of hydrogen-bond acceptors (Lipinski definition) is 14. The van der Waals surface area contributed by atoms with Crippen LogP contribution in [0.4, 0.5) is 0 Å². The Labute approximate surface area is 368 Å². The Morgan fingerprint density at radius 1 is 0.439 bits per heavy atom. The van der Waals surface area contributed by atoms with Crippen LogP contribution in [0.5, 0.6) is 0 Å². The molecule has 0 N–H and O–H groups in total.